The lowest BCUT2D eigenvalue weighted by atomic mass is 9.70. The van der Waals surface area contributed by atoms with E-state index in [1.807, 2.05) is 16.7 Å². The van der Waals surface area contributed by atoms with Crippen molar-refractivity contribution >= 4 is 29.5 Å². The highest BCUT2D eigenvalue weighted by Crippen LogP contribution is 2.66. The summed E-state index contributed by atoms with van der Waals surface area (Å²) >= 11 is 1.72. The largest absolute Gasteiger partial charge is 0.396 e. The maximum atomic E-state index is 14.3. The molecule has 3 unspecified atom stereocenters. The van der Waals surface area contributed by atoms with Crippen LogP contribution in [0.15, 0.2) is 25.3 Å². The summed E-state index contributed by atoms with van der Waals surface area (Å²) in [6, 6.07) is -0.543. The van der Waals surface area contributed by atoms with Crippen LogP contribution < -0.4 is 0 Å². The molecule has 0 aromatic rings. The molecular weight excluding hydrogens is 474 g/mol. The summed E-state index contributed by atoms with van der Waals surface area (Å²) in [6.07, 6.45) is 9.02. The Hall–Kier alpha value is -1.80. The van der Waals surface area contributed by atoms with E-state index in [0.717, 1.165) is 32.1 Å². The number of nitrogens with zero attached hydrogens (tertiary/aromatic N) is 3. The van der Waals surface area contributed by atoms with Crippen molar-refractivity contribution in [1.29, 1.82) is 0 Å². The smallest absolute Gasteiger partial charge is 0.247 e. The number of rotatable bonds is 15. The lowest BCUT2D eigenvalue weighted by Crippen LogP contribution is -2.56. The van der Waals surface area contributed by atoms with E-state index in [9.17, 15) is 19.5 Å². The first kappa shape index (κ1) is 28.8. The zero-order chi connectivity index (χ0) is 26.5. The van der Waals surface area contributed by atoms with E-state index in [0.29, 0.717) is 39.0 Å². The molecule has 3 amide bonds. The number of unbranched alkanes of at least 4 members (excludes halogenated alkanes) is 1. The fraction of sp³-hybridized carbons (Fsp3) is 0.750. The van der Waals surface area contributed by atoms with Crippen molar-refractivity contribution in [3.63, 3.8) is 0 Å². The molecule has 1 N–H and O–H groups in total. The van der Waals surface area contributed by atoms with Gasteiger partial charge in [-0.25, -0.2) is 0 Å². The lowest BCUT2D eigenvalue weighted by molar-refractivity contribution is -0.145. The van der Waals surface area contributed by atoms with Gasteiger partial charge in [0, 0.05) is 44.1 Å². The number of carbonyl (C=O) groups excluding carboxylic acids is 3. The van der Waals surface area contributed by atoms with Gasteiger partial charge in [0.2, 0.25) is 17.7 Å². The summed E-state index contributed by atoms with van der Waals surface area (Å²) in [5.41, 5.74) is 0. The van der Waals surface area contributed by atoms with E-state index in [-0.39, 0.29) is 35.6 Å². The third-order valence-electron chi connectivity index (χ3n) is 8.13. The molecule has 202 valence electrons. The fourth-order valence-electron chi connectivity index (χ4n) is 6.63. The lowest BCUT2D eigenvalue weighted by Gasteiger charge is -2.39. The molecule has 6 atom stereocenters. The topological polar surface area (TPSA) is 81.2 Å². The van der Waals surface area contributed by atoms with Crippen LogP contribution in [0, 0.1) is 11.8 Å². The van der Waals surface area contributed by atoms with Gasteiger partial charge in [0.1, 0.15) is 6.04 Å². The van der Waals surface area contributed by atoms with Gasteiger partial charge in [0.05, 0.1) is 16.6 Å². The minimum absolute atomic E-state index is 0.0200. The first-order valence-corrected chi connectivity index (χ1v) is 14.6. The van der Waals surface area contributed by atoms with Crippen LogP contribution in [-0.2, 0) is 14.4 Å². The highest BCUT2D eigenvalue weighted by Gasteiger charge is 2.74. The Morgan fingerprint density at radius 1 is 1.19 bits per heavy atom. The highest BCUT2D eigenvalue weighted by molar-refractivity contribution is 8.02. The summed E-state index contributed by atoms with van der Waals surface area (Å²) in [7, 11) is 0. The quantitative estimate of drug-likeness (QED) is 0.265. The molecule has 0 saturated carbocycles. The summed E-state index contributed by atoms with van der Waals surface area (Å²) < 4.78 is -0.574. The zero-order valence-corrected chi connectivity index (χ0v) is 23.2. The maximum absolute atomic E-state index is 14.3. The summed E-state index contributed by atoms with van der Waals surface area (Å²) in [6.45, 7) is 16.0. The van der Waals surface area contributed by atoms with Crippen molar-refractivity contribution < 1.29 is 19.5 Å². The van der Waals surface area contributed by atoms with Gasteiger partial charge in [-0.2, -0.15) is 0 Å². The fourth-order valence-corrected chi connectivity index (χ4v) is 8.84. The molecule has 8 heteroatoms. The second kappa shape index (κ2) is 12.6. The second-order valence-electron chi connectivity index (χ2n) is 10.5. The molecule has 3 fully saturated rings. The third-order valence-corrected chi connectivity index (χ3v) is 10.1. The Morgan fingerprint density at radius 2 is 1.92 bits per heavy atom. The number of thioether (sulfide) groups is 1. The minimum Gasteiger partial charge on any atom is -0.396 e. The predicted octanol–water partition coefficient (Wildman–Crippen LogP) is 3.48. The van der Waals surface area contributed by atoms with Crippen molar-refractivity contribution in [3.8, 4) is 0 Å². The van der Waals surface area contributed by atoms with Crippen LogP contribution >= 0.6 is 11.8 Å². The number of carbonyl (C=O) groups is 3. The Bertz CT molecular complexity index is 836. The molecule has 0 radical (unpaired) electrons. The van der Waals surface area contributed by atoms with E-state index in [1.54, 1.807) is 28.8 Å². The maximum Gasteiger partial charge on any atom is 0.247 e. The first-order chi connectivity index (χ1) is 17.3. The molecule has 1 spiro atoms. The molecule has 2 bridgehead atoms. The second-order valence-corrected chi connectivity index (χ2v) is 12.1. The van der Waals surface area contributed by atoms with Gasteiger partial charge >= 0.3 is 0 Å². The van der Waals surface area contributed by atoms with Crippen LogP contribution in [0.5, 0.6) is 0 Å². The van der Waals surface area contributed by atoms with Crippen LogP contribution in [0.4, 0.5) is 0 Å². The molecule has 0 aliphatic carbocycles. The van der Waals surface area contributed by atoms with Crippen molar-refractivity contribution in [2.75, 3.05) is 32.8 Å². The summed E-state index contributed by atoms with van der Waals surface area (Å²) in [5, 5.41) is 9.42. The molecule has 0 aromatic carbocycles. The van der Waals surface area contributed by atoms with E-state index in [4.69, 9.17) is 0 Å². The standard InChI is InChI=1S/C28H45N3O4S/c1-6-12-20(5)30(17-9-4)27(35)24-28-14-13-21(36-28)22(25(33)29(15-7-2)16-8-3)23(28)26(34)31(24)18-10-11-19-32/h7,9,20-24,32H,2,4,6,8,10-19H2,1,3,5H3/t20?,21-,22+,23-,24?,28?/m0/s1. The van der Waals surface area contributed by atoms with E-state index >= 15 is 0 Å². The molecule has 3 rings (SSSR count). The number of fused-ring (bicyclic) bond motifs is 1. The summed E-state index contributed by atoms with van der Waals surface area (Å²) in [5.74, 6) is -0.931. The Morgan fingerprint density at radius 3 is 2.53 bits per heavy atom. The predicted molar refractivity (Wildman–Crippen MR) is 145 cm³/mol. The number of hydrogen-bond acceptors (Lipinski definition) is 5. The molecular formula is C28H45N3O4S. The minimum atomic E-state index is -0.584. The Labute approximate surface area is 221 Å². The molecule has 3 aliphatic rings. The molecule has 36 heavy (non-hydrogen) atoms. The van der Waals surface area contributed by atoms with Crippen molar-refractivity contribution in [2.45, 2.75) is 87.8 Å². The number of aliphatic hydroxyl groups is 1. The van der Waals surface area contributed by atoms with Gasteiger partial charge in [-0.3, -0.25) is 14.4 Å². The van der Waals surface area contributed by atoms with E-state index in [2.05, 4.69) is 27.0 Å². The number of aliphatic hydroxyl groups excluding tert-OH is 1. The molecule has 3 heterocycles. The number of hydrogen-bond donors (Lipinski definition) is 1. The Balaban J connectivity index is 2.01. The van der Waals surface area contributed by atoms with Gasteiger partial charge in [-0.15, -0.1) is 24.9 Å². The van der Waals surface area contributed by atoms with Crippen LogP contribution in [0.2, 0.25) is 0 Å². The van der Waals surface area contributed by atoms with Crippen LogP contribution in [0.3, 0.4) is 0 Å². The number of likely N-dealkylation sites (tertiary alicyclic amines) is 1. The highest BCUT2D eigenvalue weighted by atomic mass is 32.2. The van der Waals surface area contributed by atoms with Gasteiger partial charge in [0.15, 0.2) is 0 Å². The molecule has 3 aliphatic heterocycles. The van der Waals surface area contributed by atoms with Crippen LogP contribution in [-0.4, -0.2) is 92.4 Å². The zero-order valence-electron chi connectivity index (χ0n) is 22.4. The third kappa shape index (κ3) is 5.13. The first-order valence-electron chi connectivity index (χ1n) is 13.7. The van der Waals surface area contributed by atoms with Crippen molar-refractivity contribution in [2.24, 2.45) is 11.8 Å². The summed E-state index contributed by atoms with van der Waals surface area (Å²) in [4.78, 5) is 47.7. The van der Waals surface area contributed by atoms with Gasteiger partial charge in [-0.05, 0) is 45.4 Å². The van der Waals surface area contributed by atoms with E-state index < -0.39 is 22.6 Å². The normalized spacial score (nSPS) is 29.2. The van der Waals surface area contributed by atoms with Crippen molar-refractivity contribution in [1.82, 2.24) is 14.7 Å². The molecule has 0 aromatic heterocycles. The van der Waals surface area contributed by atoms with Gasteiger partial charge in [0.25, 0.3) is 0 Å². The van der Waals surface area contributed by atoms with Crippen LogP contribution in [0.1, 0.15) is 65.7 Å². The molecule has 3 saturated heterocycles. The Kier molecular flexibility index (Phi) is 10.1. The SMILES string of the molecule is C=CCN(CCC)C(=O)[C@@H]1[C@@H]2CCC3(S2)C(C(=O)N(CC=C)C(C)CCC)N(CCCCO)C(=O)[C@H]13. The van der Waals surface area contributed by atoms with Gasteiger partial charge in [-0.1, -0.05) is 32.4 Å². The van der Waals surface area contributed by atoms with E-state index in [1.165, 1.54) is 0 Å². The molecule has 7 nitrogen and oxygen atoms in total. The van der Waals surface area contributed by atoms with Gasteiger partial charge < -0.3 is 19.8 Å². The average Bonchev–Trinajstić information content (AvgIpc) is 3.49. The number of amides is 3. The average molecular weight is 520 g/mol. The van der Waals surface area contributed by atoms with Crippen molar-refractivity contribution in [3.05, 3.63) is 25.3 Å². The monoisotopic (exact) mass is 519 g/mol. The van der Waals surface area contributed by atoms with Crippen LogP contribution in [0.25, 0.3) is 0 Å².